The maximum Gasteiger partial charge on any atom is 0.251 e. The van der Waals surface area contributed by atoms with Crippen LogP contribution in [0.1, 0.15) is 80.9 Å². The molecular weight excluding hydrogens is 484 g/mol. The van der Waals surface area contributed by atoms with E-state index in [0.29, 0.717) is 35.7 Å². The van der Waals surface area contributed by atoms with Crippen LogP contribution in [0.2, 0.25) is 0 Å². The lowest BCUT2D eigenvalue weighted by molar-refractivity contribution is -0.130. The number of aliphatic imine (C=N–C) groups is 1. The number of ether oxygens (including phenoxy) is 2. The first-order chi connectivity index (χ1) is 18.1. The summed E-state index contributed by atoms with van der Waals surface area (Å²) in [7, 11) is 0. The van der Waals surface area contributed by atoms with Gasteiger partial charge in [-0.15, -0.1) is 0 Å². The Balaban J connectivity index is 1.61. The first-order valence-corrected chi connectivity index (χ1v) is 13.3. The number of carbonyl (C=O) groups excluding carboxylic acids is 2. The van der Waals surface area contributed by atoms with Gasteiger partial charge in [0.2, 0.25) is 5.91 Å². The summed E-state index contributed by atoms with van der Waals surface area (Å²) in [5, 5.41) is 13.8. The summed E-state index contributed by atoms with van der Waals surface area (Å²) in [4.78, 5) is 32.7. The summed E-state index contributed by atoms with van der Waals surface area (Å²) in [6, 6.07) is 12.2. The van der Waals surface area contributed by atoms with Crippen molar-refractivity contribution in [3.63, 3.8) is 0 Å². The minimum absolute atomic E-state index is 0.101. The molecule has 0 aromatic heterocycles. The Hall–Kier alpha value is -3.59. The monoisotopic (exact) mass is 522 g/mol. The minimum Gasteiger partial charge on any atom is -0.494 e. The Bertz CT molecular complexity index is 1220. The van der Waals surface area contributed by atoms with Gasteiger partial charge >= 0.3 is 0 Å². The average molecular weight is 523 g/mol. The summed E-state index contributed by atoms with van der Waals surface area (Å²) >= 11 is 0. The number of nitrogens with one attached hydrogen (secondary N) is 1. The molecule has 2 atom stereocenters. The highest BCUT2D eigenvalue weighted by atomic mass is 16.5. The van der Waals surface area contributed by atoms with Crippen molar-refractivity contribution in [1.29, 1.82) is 0 Å². The molecule has 0 aliphatic carbocycles. The van der Waals surface area contributed by atoms with Crippen LogP contribution < -0.4 is 20.5 Å². The fourth-order valence-electron chi connectivity index (χ4n) is 5.10. The molecule has 9 heteroatoms. The van der Waals surface area contributed by atoms with Crippen LogP contribution in [-0.4, -0.2) is 52.1 Å². The smallest absolute Gasteiger partial charge is 0.251 e. The van der Waals surface area contributed by atoms with Crippen molar-refractivity contribution >= 4 is 17.8 Å². The van der Waals surface area contributed by atoms with E-state index in [1.807, 2.05) is 45.0 Å². The lowest BCUT2D eigenvalue weighted by atomic mass is 9.88. The second kappa shape index (κ2) is 11.0. The molecule has 2 amide bonds. The number of aliphatic hydroxyl groups is 1. The van der Waals surface area contributed by atoms with Crippen molar-refractivity contribution in [1.82, 2.24) is 10.2 Å². The fourth-order valence-corrected chi connectivity index (χ4v) is 5.10. The molecule has 2 aromatic rings. The number of amides is 2. The maximum absolute atomic E-state index is 13.4. The zero-order valence-corrected chi connectivity index (χ0v) is 22.6. The standard InChI is InChI=1S/C29H38N4O5/c1-5-29(6-2)16-25(34)33(27(30)32-29)17-20-14-19(12-13-23(20)37-7-3)26(35)31-22-15-28(4,36)18-38-24-11-9-8-10-21(22)24/h8-14,22,36H,5-7,15-18H2,1-4H3,(H2,30,32)(H,31,35). The zero-order valence-electron chi connectivity index (χ0n) is 22.6. The molecule has 38 heavy (non-hydrogen) atoms. The number of carbonyl (C=O) groups is 2. The Morgan fingerprint density at radius 1 is 1.24 bits per heavy atom. The van der Waals surface area contributed by atoms with Crippen LogP contribution in [0.15, 0.2) is 47.5 Å². The van der Waals surface area contributed by atoms with E-state index in [1.165, 1.54) is 4.90 Å². The summed E-state index contributed by atoms with van der Waals surface area (Å²) < 4.78 is 11.6. The minimum atomic E-state index is -1.11. The van der Waals surface area contributed by atoms with Crippen LogP contribution in [0.4, 0.5) is 0 Å². The molecule has 0 saturated carbocycles. The van der Waals surface area contributed by atoms with E-state index in [2.05, 4.69) is 10.3 Å². The Labute approximate surface area is 224 Å². The van der Waals surface area contributed by atoms with Gasteiger partial charge in [-0.25, -0.2) is 4.99 Å². The number of hydrogen-bond acceptors (Lipinski definition) is 7. The Morgan fingerprint density at radius 3 is 2.66 bits per heavy atom. The highest BCUT2D eigenvalue weighted by Crippen LogP contribution is 2.35. The molecule has 0 fully saturated rings. The zero-order chi connectivity index (χ0) is 27.5. The predicted molar refractivity (Wildman–Crippen MR) is 145 cm³/mol. The molecule has 2 heterocycles. The molecule has 0 bridgehead atoms. The van der Waals surface area contributed by atoms with E-state index in [1.54, 1.807) is 25.1 Å². The Kier molecular flexibility index (Phi) is 7.97. The molecule has 9 nitrogen and oxygen atoms in total. The highest BCUT2D eigenvalue weighted by molar-refractivity contribution is 5.99. The number of nitrogens with two attached hydrogens (primary N) is 1. The maximum atomic E-state index is 13.4. The lowest BCUT2D eigenvalue weighted by Gasteiger charge is -2.36. The summed E-state index contributed by atoms with van der Waals surface area (Å²) in [6.45, 7) is 8.30. The normalized spacial score (nSPS) is 22.6. The highest BCUT2D eigenvalue weighted by Gasteiger charge is 2.38. The first-order valence-electron chi connectivity index (χ1n) is 13.3. The third-order valence-corrected chi connectivity index (χ3v) is 7.46. The van der Waals surface area contributed by atoms with Gasteiger partial charge in [0.1, 0.15) is 18.1 Å². The molecule has 4 N–H and O–H groups in total. The average Bonchev–Trinajstić information content (AvgIpc) is 3.02. The molecule has 2 unspecified atom stereocenters. The number of hydrogen-bond donors (Lipinski definition) is 3. The van der Waals surface area contributed by atoms with E-state index >= 15 is 0 Å². The number of rotatable bonds is 8. The summed E-state index contributed by atoms with van der Waals surface area (Å²) in [5.74, 6) is 0.977. The Morgan fingerprint density at radius 2 is 1.97 bits per heavy atom. The molecule has 204 valence electrons. The van der Waals surface area contributed by atoms with Gasteiger partial charge in [0.15, 0.2) is 5.96 Å². The number of para-hydroxylation sites is 1. The second-order valence-corrected chi connectivity index (χ2v) is 10.4. The van der Waals surface area contributed by atoms with Crippen molar-refractivity contribution in [2.75, 3.05) is 13.2 Å². The van der Waals surface area contributed by atoms with Crippen molar-refractivity contribution in [2.45, 2.75) is 77.1 Å². The molecule has 2 aliphatic rings. The van der Waals surface area contributed by atoms with Crippen molar-refractivity contribution in [3.05, 3.63) is 59.2 Å². The molecule has 0 saturated heterocycles. The number of nitrogens with zero attached hydrogens (tertiary/aromatic N) is 2. The van der Waals surface area contributed by atoms with Gasteiger partial charge in [-0.1, -0.05) is 32.0 Å². The second-order valence-electron chi connectivity index (χ2n) is 10.4. The van der Waals surface area contributed by atoms with Crippen LogP contribution in [0, 0.1) is 0 Å². The summed E-state index contributed by atoms with van der Waals surface area (Å²) in [6.07, 6.45) is 2.04. The number of benzene rings is 2. The van der Waals surface area contributed by atoms with Crippen molar-refractivity contribution < 1.29 is 24.2 Å². The quantitative estimate of drug-likeness (QED) is 0.485. The van der Waals surface area contributed by atoms with Crippen LogP contribution in [0.3, 0.4) is 0 Å². The molecule has 0 radical (unpaired) electrons. The van der Waals surface area contributed by atoms with Gasteiger partial charge in [0.25, 0.3) is 5.91 Å². The molecule has 2 aromatic carbocycles. The first kappa shape index (κ1) is 27.4. The van der Waals surface area contributed by atoms with E-state index in [4.69, 9.17) is 15.2 Å². The van der Waals surface area contributed by atoms with Crippen LogP contribution in [0.25, 0.3) is 0 Å². The van der Waals surface area contributed by atoms with Gasteiger partial charge in [-0.3, -0.25) is 14.5 Å². The number of guanidine groups is 1. The van der Waals surface area contributed by atoms with Gasteiger partial charge < -0.3 is 25.6 Å². The van der Waals surface area contributed by atoms with Crippen molar-refractivity contribution in [3.8, 4) is 11.5 Å². The fraction of sp³-hybridized carbons (Fsp3) is 0.483. The van der Waals surface area contributed by atoms with E-state index in [0.717, 1.165) is 18.4 Å². The van der Waals surface area contributed by atoms with Gasteiger partial charge in [-0.2, -0.15) is 0 Å². The largest absolute Gasteiger partial charge is 0.494 e. The lowest BCUT2D eigenvalue weighted by Crippen LogP contribution is -2.50. The molecular formula is C29H38N4O5. The SMILES string of the molecule is CCOc1ccc(C(=O)NC2CC(C)(O)COc3ccccc32)cc1CN1C(=O)CC(CC)(CC)N=C1N. The topological polar surface area (TPSA) is 126 Å². The molecule has 2 aliphatic heterocycles. The van der Waals surface area contributed by atoms with Gasteiger partial charge in [-0.05, 0) is 51.0 Å². The van der Waals surface area contributed by atoms with Crippen LogP contribution in [-0.2, 0) is 11.3 Å². The summed E-state index contributed by atoms with van der Waals surface area (Å²) in [5.41, 5.74) is 6.56. The predicted octanol–water partition coefficient (Wildman–Crippen LogP) is 3.70. The number of fused-ring (bicyclic) bond motifs is 1. The van der Waals surface area contributed by atoms with E-state index in [-0.39, 0.29) is 37.3 Å². The molecule has 4 rings (SSSR count). The van der Waals surface area contributed by atoms with E-state index in [9.17, 15) is 14.7 Å². The third-order valence-electron chi connectivity index (χ3n) is 7.46. The third kappa shape index (κ3) is 5.78. The molecule has 0 spiro atoms. The van der Waals surface area contributed by atoms with Gasteiger partial charge in [0, 0.05) is 23.1 Å². The van der Waals surface area contributed by atoms with Crippen LogP contribution >= 0.6 is 0 Å². The van der Waals surface area contributed by atoms with E-state index < -0.39 is 17.2 Å². The van der Waals surface area contributed by atoms with Gasteiger partial charge in [0.05, 0.1) is 36.8 Å². The van der Waals surface area contributed by atoms with Crippen molar-refractivity contribution in [2.24, 2.45) is 10.7 Å². The van der Waals surface area contributed by atoms with Crippen LogP contribution in [0.5, 0.6) is 11.5 Å².